The number of aromatic nitrogens is 1. The van der Waals surface area contributed by atoms with Gasteiger partial charge in [-0.3, -0.25) is 0 Å². The summed E-state index contributed by atoms with van der Waals surface area (Å²) in [7, 11) is 0. The van der Waals surface area contributed by atoms with Gasteiger partial charge in [0.25, 0.3) is 0 Å². The summed E-state index contributed by atoms with van der Waals surface area (Å²) in [6.45, 7) is 8.00. The molecule has 0 amide bonds. The third-order valence-electron chi connectivity index (χ3n) is 1.19. The summed E-state index contributed by atoms with van der Waals surface area (Å²) in [5, 5.41) is 0. The first-order valence-electron chi connectivity index (χ1n) is 3.40. The van der Waals surface area contributed by atoms with Crippen molar-refractivity contribution < 1.29 is 0 Å². The first-order valence-corrected chi connectivity index (χ1v) is 4.17. The van der Waals surface area contributed by atoms with Crippen molar-refractivity contribution in [3.05, 3.63) is 10.4 Å². The number of hydrogen-bond donors (Lipinski definition) is 1. The highest BCUT2D eigenvalue weighted by molar-refractivity contribution is 7.06. The van der Waals surface area contributed by atoms with Crippen LogP contribution in [-0.4, -0.2) is 4.37 Å². The molecule has 0 saturated heterocycles. The minimum absolute atomic E-state index is 0.674. The second kappa shape index (κ2) is 4.28. The molecule has 0 saturated carbocycles. The van der Waals surface area contributed by atoms with Gasteiger partial charge < -0.3 is 5.73 Å². The first kappa shape index (κ1) is 9.43. The summed E-state index contributed by atoms with van der Waals surface area (Å²) < 4.78 is 3.94. The van der Waals surface area contributed by atoms with Crippen LogP contribution in [-0.2, 0) is 0 Å². The van der Waals surface area contributed by atoms with Gasteiger partial charge in [0.2, 0.25) is 0 Å². The van der Waals surface area contributed by atoms with Gasteiger partial charge >= 0.3 is 0 Å². The van der Waals surface area contributed by atoms with Crippen molar-refractivity contribution >= 4 is 17.4 Å². The summed E-state index contributed by atoms with van der Waals surface area (Å²) in [5.74, 6) is 0.674. The molecule has 0 atom stereocenters. The van der Waals surface area contributed by atoms with Crippen molar-refractivity contribution in [1.29, 1.82) is 0 Å². The Labute approximate surface area is 66.2 Å². The van der Waals surface area contributed by atoms with Crippen molar-refractivity contribution in [3.63, 3.8) is 0 Å². The molecule has 0 aliphatic heterocycles. The second-order valence-electron chi connectivity index (χ2n) is 1.75. The van der Waals surface area contributed by atoms with Gasteiger partial charge in [-0.15, -0.1) is 0 Å². The largest absolute Gasteiger partial charge is 0.383 e. The van der Waals surface area contributed by atoms with Gasteiger partial charge in [0.15, 0.2) is 0 Å². The highest BCUT2D eigenvalue weighted by Gasteiger charge is 1.98. The summed E-state index contributed by atoms with van der Waals surface area (Å²) in [4.78, 5) is 1.21. The van der Waals surface area contributed by atoms with E-state index in [-0.39, 0.29) is 0 Å². The Bertz CT molecular complexity index is 174. The lowest BCUT2D eigenvalue weighted by Gasteiger charge is -1.84. The van der Waals surface area contributed by atoms with Crippen molar-refractivity contribution in [2.24, 2.45) is 0 Å². The van der Waals surface area contributed by atoms with Crippen LogP contribution in [0.15, 0.2) is 0 Å². The molecule has 0 fully saturated rings. The van der Waals surface area contributed by atoms with Crippen molar-refractivity contribution in [2.75, 3.05) is 5.73 Å². The van der Waals surface area contributed by atoms with Crippen LogP contribution in [0.4, 0.5) is 5.82 Å². The molecule has 1 aromatic heterocycles. The monoisotopic (exact) mass is 158 g/mol. The maximum atomic E-state index is 5.44. The minimum atomic E-state index is 0.674. The SMILES string of the molecule is CC.Cc1snc(N)c1C. The summed E-state index contributed by atoms with van der Waals surface area (Å²) >= 11 is 1.46. The Morgan fingerprint density at radius 3 is 1.90 bits per heavy atom. The van der Waals surface area contributed by atoms with Crippen molar-refractivity contribution in [3.8, 4) is 0 Å². The highest BCUT2D eigenvalue weighted by Crippen LogP contribution is 2.16. The van der Waals surface area contributed by atoms with Crippen molar-refractivity contribution in [1.82, 2.24) is 4.37 Å². The van der Waals surface area contributed by atoms with E-state index in [1.165, 1.54) is 16.4 Å². The Hall–Kier alpha value is -0.570. The molecule has 0 radical (unpaired) electrons. The molecule has 58 valence electrons. The Morgan fingerprint density at radius 1 is 1.30 bits per heavy atom. The minimum Gasteiger partial charge on any atom is -0.383 e. The molecule has 1 heterocycles. The fourth-order valence-corrected chi connectivity index (χ4v) is 1.05. The number of nitrogens with zero attached hydrogens (tertiary/aromatic N) is 1. The highest BCUT2D eigenvalue weighted by atomic mass is 32.1. The van der Waals surface area contributed by atoms with Crippen LogP contribution in [0.5, 0.6) is 0 Å². The zero-order valence-corrected chi connectivity index (χ0v) is 7.75. The Kier molecular flexibility index (Phi) is 4.03. The van der Waals surface area contributed by atoms with Crippen molar-refractivity contribution in [2.45, 2.75) is 27.7 Å². The van der Waals surface area contributed by atoms with Gasteiger partial charge in [0.05, 0.1) is 0 Å². The van der Waals surface area contributed by atoms with Gasteiger partial charge in [0, 0.05) is 10.4 Å². The lowest BCUT2D eigenvalue weighted by molar-refractivity contribution is 1.40. The molecule has 1 aromatic rings. The van der Waals surface area contributed by atoms with E-state index in [0.29, 0.717) is 5.82 Å². The predicted octanol–water partition coefficient (Wildman–Crippen LogP) is 2.37. The van der Waals surface area contributed by atoms with Crippen LogP contribution < -0.4 is 5.73 Å². The number of nitrogens with two attached hydrogens (primary N) is 1. The number of hydrogen-bond acceptors (Lipinski definition) is 3. The van der Waals surface area contributed by atoms with Gasteiger partial charge in [-0.25, -0.2) is 0 Å². The molecule has 2 nitrogen and oxygen atoms in total. The molecule has 0 bridgehead atoms. The number of nitrogen functional groups attached to an aromatic ring is 1. The van der Waals surface area contributed by atoms with Crippen LogP contribution in [0, 0.1) is 13.8 Å². The maximum absolute atomic E-state index is 5.44. The van der Waals surface area contributed by atoms with E-state index < -0.39 is 0 Å². The van der Waals surface area contributed by atoms with Gasteiger partial charge in [-0.1, -0.05) is 13.8 Å². The number of rotatable bonds is 0. The molecular weight excluding hydrogens is 144 g/mol. The third kappa shape index (κ3) is 1.99. The van der Waals surface area contributed by atoms with E-state index in [0.717, 1.165) is 5.56 Å². The molecular formula is C7H14N2S. The molecule has 0 aliphatic rings. The summed E-state index contributed by atoms with van der Waals surface area (Å²) in [6.07, 6.45) is 0. The molecule has 0 aromatic carbocycles. The zero-order chi connectivity index (χ0) is 8.15. The van der Waals surface area contributed by atoms with Crippen LogP contribution in [0.1, 0.15) is 24.3 Å². The number of anilines is 1. The van der Waals surface area contributed by atoms with Gasteiger partial charge in [-0.05, 0) is 25.4 Å². The molecule has 2 N–H and O–H groups in total. The van der Waals surface area contributed by atoms with Gasteiger partial charge in [0.1, 0.15) is 5.82 Å². The third-order valence-corrected chi connectivity index (χ3v) is 2.06. The molecule has 10 heavy (non-hydrogen) atoms. The lowest BCUT2D eigenvalue weighted by Crippen LogP contribution is -1.85. The summed E-state index contributed by atoms with van der Waals surface area (Å²) in [6, 6.07) is 0. The Balaban J connectivity index is 0.000000371. The van der Waals surface area contributed by atoms with E-state index in [1.807, 2.05) is 27.7 Å². The van der Waals surface area contributed by atoms with Crippen LogP contribution in [0.25, 0.3) is 0 Å². The van der Waals surface area contributed by atoms with Crippen LogP contribution in [0.2, 0.25) is 0 Å². The summed E-state index contributed by atoms with van der Waals surface area (Å²) in [5.41, 5.74) is 6.56. The van der Waals surface area contributed by atoms with Crippen LogP contribution >= 0.6 is 11.5 Å². The quantitative estimate of drug-likeness (QED) is 0.629. The van der Waals surface area contributed by atoms with E-state index in [1.54, 1.807) is 0 Å². The Morgan fingerprint density at radius 2 is 1.80 bits per heavy atom. The fourth-order valence-electron chi connectivity index (χ4n) is 0.435. The van der Waals surface area contributed by atoms with Gasteiger partial charge in [-0.2, -0.15) is 4.37 Å². The zero-order valence-electron chi connectivity index (χ0n) is 6.93. The molecule has 1 rings (SSSR count). The van der Waals surface area contributed by atoms with E-state index in [9.17, 15) is 0 Å². The van der Waals surface area contributed by atoms with E-state index in [2.05, 4.69) is 4.37 Å². The maximum Gasteiger partial charge on any atom is 0.140 e. The normalized spacial score (nSPS) is 8.40. The fraction of sp³-hybridized carbons (Fsp3) is 0.571. The average Bonchev–Trinajstić information content (AvgIpc) is 2.25. The standard InChI is InChI=1S/C5H8N2S.C2H6/c1-3-4(2)8-7-5(3)6;1-2/h1-2H3,(H2,6,7);1-2H3. The average molecular weight is 158 g/mol. The molecule has 0 unspecified atom stereocenters. The smallest absolute Gasteiger partial charge is 0.140 e. The lowest BCUT2D eigenvalue weighted by atomic mass is 10.3. The molecule has 3 heteroatoms. The van der Waals surface area contributed by atoms with E-state index in [4.69, 9.17) is 5.73 Å². The first-order chi connectivity index (χ1) is 4.72. The molecule has 0 spiro atoms. The van der Waals surface area contributed by atoms with E-state index >= 15 is 0 Å². The van der Waals surface area contributed by atoms with Crippen LogP contribution in [0.3, 0.4) is 0 Å². The predicted molar refractivity (Wildman–Crippen MR) is 47.3 cm³/mol. The number of aryl methyl sites for hydroxylation is 1. The topological polar surface area (TPSA) is 38.9 Å². The second-order valence-corrected chi connectivity index (χ2v) is 2.73. The molecule has 0 aliphatic carbocycles.